The van der Waals surface area contributed by atoms with Crippen LogP contribution in [0, 0.1) is 17.8 Å². The van der Waals surface area contributed by atoms with E-state index in [0.717, 1.165) is 25.8 Å². The molecule has 1 heteroatoms. The number of terminal acetylenes is 1. The van der Waals surface area contributed by atoms with E-state index in [9.17, 15) is 0 Å². The zero-order chi connectivity index (χ0) is 12.3. The third-order valence-electron chi connectivity index (χ3n) is 3.64. The van der Waals surface area contributed by atoms with E-state index in [-0.39, 0.29) is 0 Å². The molecule has 0 bridgehead atoms. The fourth-order valence-electron chi connectivity index (χ4n) is 2.81. The molecule has 0 aromatic heterocycles. The Bertz CT molecular complexity index is 425. The van der Waals surface area contributed by atoms with Crippen molar-refractivity contribution >= 4 is 0 Å². The van der Waals surface area contributed by atoms with E-state index in [4.69, 9.17) is 6.42 Å². The molecule has 0 saturated heterocycles. The average molecular weight is 227 g/mol. The Hall–Kier alpha value is -1.26. The Labute approximate surface area is 105 Å². The second kappa shape index (κ2) is 4.94. The summed E-state index contributed by atoms with van der Waals surface area (Å²) in [6, 6.07) is 9.24. The monoisotopic (exact) mass is 227 g/mol. The molecule has 0 radical (unpaired) electrons. The number of benzene rings is 1. The molecular weight excluding hydrogens is 206 g/mol. The van der Waals surface area contributed by atoms with E-state index in [2.05, 4.69) is 49.4 Å². The molecular formula is C16H21N. The number of rotatable bonds is 4. The quantitative estimate of drug-likeness (QED) is 0.614. The van der Waals surface area contributed by atoms with Crippen molar-refractivity contribution in [2.45, 2.75) is 39.2 Å². The van der Waals surface area contributed by atoms with Crippen LogP contribution >= 0.6 is 0 Å². The Morgan fingerprint density at radius 1 is 1.41 bits per heavy atom. The molecule has 0 spiro atoms. The molecule has 1 aliphatic carbocycles. The van der Waals surface area contributed by atoms with Gasteiger partial charge in [-0.15, -0.1) is 12.3 Å². The first kappa shape index (κ1) is 12.2. The van der Waals surface area contributed by atoms with Crippen molar-refractivity contribution in [3.63, 3.8) is 0 Å². The van der Waals surface area contributed by atoms with Gasteiger partial charge in [0.05, 0.1) is 0 Å². The number of hydrogen-bond acceptors (Lipinski definition) is 1. The Morgan fingerprint density at radius 2 is 2.18 bits per heavy atom. The van der Waals surface area contributed by atoms with Gasteiger partial charge in [0.2, 0.25) is 0 Å². The van der Waals surface area contributed by atoms with Gasteiger partial charge in [0, 0.05) is 12.5 Å². The highest BCUT2D eigenvalue weighted by molar-refractivity contribution is 5.37. The van der Waals surface area contributed by atoms with Crippen molar-refractivity contribution < 1.29 is 0 Å². The summed E-state index contributed by atoms with van der Waals surface area (Å²) in [4.78, 5) is 0. The van der Waals surface area contributed by atoms with Crippen LogP contribution in [0.25, 0.3) is 0 Å². The van der Waals surface area contributed by atoms with E-state index in [0.29, 0.717) is 11.5 Å². The van der Waals surface area contributed by atoms with Crippen molar-refractivity contribution in [1.82, 2.24) is 5.32 Å². The molecule has 0 fully saturated rings. The smallest absolute Gasteiger partial charge is 0.0377 e. The lowest BCUT2D eigenvalue weighted by Crippen LogP contribution is -2.31. The zero-order valence-corrected chi connectivity index (χ0v) is 10.8. The van der Waals surface area contributed by atoms with Crippen LogP contribution in [0.2, 0.25) is 0 Å². The van der Waals surface area contributed by atoms with E-state index in [1.165, 1.54) is 11.1 Å². The van der Waals surface area contributed by atoms with Gasteiger partial charge in [-0.05, 0) is 35.9 Å². The second-order valence-corrected chi connectivity index (χ2v) is 5.56. The number of fused-ring (bicyclic) bond motifs is 1. The highest BCUT2D eigenvalue weighted by atomic mass is 14.9. The molecule has 1 atom stereocenters. The Kier molecular flexibility index (Phi) is 3.54. The summed E-state index contributed by atoms with van der Waals surface area (Å²) in [5.74, 6) is 2.69. The maximum atomic E-state index is 5.27. The zero-order valence-electron chi connectivity index (χ0n) is 10.8. The molecule has 90 valence electrons. The van der Waals surface area contributed by atoms with Crippen molar-refractivity contribution in [3.05, 3.63) is 35.4 Å². The van der Waals surface area contributed by atoms with Crippen LogP contribution in [0.1, 0.15) is 43.9 Å². The molecule has 1 unspecified atom stereocenters. The van der Waals surface area contributed by atoms with Crippen LogP contribution in [0.5, 0.6) is 0 Å². The molecule has 1 N–H and O–H groups in total. The number of nitrogens with one attached hydrogen (secondary N) is 1. The summed E-state index contributed by atoms with van der Waals surface area (Å²) >= 11 is 0. The van der Waals surface area contributed by atoms with Gasteiger partial charge in [0.25, 0.3) is 0 Å². The maximum absolute atomic E-state index is 5.27. The van der Waals surface area contributed by atoms with Crippen molar-refractivity contribution in [2.75, 3.05) is 6.54 Å². The first-order chi connectivity index (χ1) is 8.15. The van der Waals surface area contributed by atoms with Gasteiger partial charge in [-0.2, -0.15) is 0 Å². The van der Waals surface area contributed by atoms with Gasteiger partial charge in [-0.1, -0.05) is 38.1 Å². The van der Waals surface area contributed by atoms with E-state index < -0.39 is 0 Å². The Balaban J connectivity index is 2.07. The molecule has 0 saturated carbocycles. The van der Waals surface area contributed by atoms with Crippen molar-refractivity contribution in [1.29, 1.82) is 0 Å². The summed E-state index contributed by atoms with van der Waals surface area (Å²) in [6.45, 7) is 5.68. The van der Waals surface area contributed by atoms with Gasteiger partial charge in [0.1, 0.15) is 0 Å². The molecule has 0 heterocycles. The van der Waals surface area contributed by atoms with Crippen molar-refractivity contribution in [3.8, 4) is 12.3 Å². The summed E-state index contributed by atoms with van der Waals surface area (Å²) in [7, 11) is 0. The van der Waals surface area contributed by atoms with Gasteiger partial charge in [0.15, 0.2) is 0 Å². The van der Waals surface area contributed by atoms with E-state index in [1.54, 1.807) is 0 Å². The summed E-state index contributed by atoms with van der Waals surface area (Å²) in [5, 5.41) is 3.67. The standard InChI is InChI=1S/C16H21N/c1-4-5-8-11-17-15-14-10-7-6-9-13(14)12-16(15,2)3/h1,6-7,9-10,15,17H,5,8,11-12H2,2-3H3. The molecule has 17 heavy (non-hydrogen) atoms. The van der Waals surface area contributed by atoms with Crippen LogP contribution < -0.4 is 5.32 Å². The molecule has 0 aliphatic heterocycles. The first-order valence-electron chi connectivity index (χ1n) is 6.40. The largest absolute Gasteiger partial charge is 0.309 e. The topological polar surface area (TPSA) is 12.0 Å². The SMILES string of the molecule is C#CCCCNC1c2ccccc2CC1(C)C. The average Bonchev–Trinajstić information content (AvgIpc) is 2.55. The predicted molar refractivity (Wildman–Crippen MR) is 72.7 cm³/mol. The van der Waals surface area contributed by atoms with Crippen LogP contribution in [0.15, 0.2) is 24.3 Å². The summed E-state index contributed by atoms with van der Waals surface area (Å²) < 4.78 is 0. The lowest BCUT2D eigenvalue weighted by atomic mass is 9.85. The van der Waals surface area contributed by atoms with E-state index >= 15 is 0 Å². The number of unbranched alkanes of at least 4 members (excludes halogenated alkanes) is 1. The highest BCUT2D eigenvalue weighted by Crippen LogP contribution is 2.44. The number of hydrogen-bond donors (Lipinski definition) is 1. The molecule has 1 aromatic carbocycles. The molecule has 0 amide bonds. The lowest BCUT2D eigenvalue weighted by molar-refractivity contribution is 0.269. The molecule has 1 nitrogen and oxygen atoms in total. The third-order valence-corrected chi connectivity index (χ3v) is 3.64. The van der Waals surface area contributed by atoms with Gasteiger partial charge in [-0.3, -0.25) is 0 Å². The van der Waals surface area contributed by atoms with E-state index in [1.807, 2.05) is 0 Å². The second-order valence-electron chi connectivity index (χ2n) is 5.56. The van der Waals surface area contributed by atoms with Crippen LogP contribution in [-0.4, -0.2) is 6.54 Å². The minimum Gasteiger partial charge on any atom is -0.309 e. The predicted octanol–water partition coefficient (Wildman–Crippen LogP) is 3.31. The van der Waals surface area contributed by atoms with Gasteiger partial charge >= 0.3 is 0 Å². The first-order valence-corrected chi connectivity index (χ1v) is 6.40. The van der Waals surface area contributed by atoms with Gasteiger partial charge in [-0.25, -0.2) is 0 Å². The van der Waals surface area contributed by atoms with Crippen LogP contribution in [0.3, 0.4) is 0 Å². The molecule has 2 rings (SSSR count). The summed E-state index contributed by atoms with van der Waals surface area (Å²) in [5.41, 5.74) is 3.27. The minimum atomic E-state index is 0.305. The van der Waals surface area contributed by atoms with Crippen LogP contribution in [-0.2, 0) is 6.42 Å². The molecule has 1 aromatic rings. The minimum absolute atomic E-state index is 0.305. The normalized spacial score (nSPS) is 20.9. The lowest BCUT2D eigenvalue weighted by Gasteiger charge is -2.28. The third kappa shape index (κ3) is 2.53. The maximum Gasteiger partial charge on any atom is 0.0377 e. The van der Waals surface area contributed by atoms with Crippen molar-refractivity contribution in [2.24, 2.45) is 5.41 Å². The van der Waals surface area contributed by atoms with Crippen LogP contribution in [0.4, 0.5) is 0 Å². The summed E-state index contributed by atoms with van der Waals surface area (Å²) in [6.07, 6.45) is 8.36. The fourth-order valence-corrected chi connectivity index (χ4v) is 2.81. The fraction of sp³-hybridized carbons (Fsp3) is 0.500. The molecule has 1 aliphatic rings. The Morgan fingerprint density at radius 3 is 2.94 bits per heavy atom. The van der Waals surface area contributed by atoms with Gasteiger partial charge < -0.3 is 5.32 Å². The highest BCUT2D eigenvalue weighted by Gasteiger charge is 2.37.